The molecule has 1 aliphatic rings. The van der Waals surface area contributed by atoms with Gasteiger partial charge in [0, 0.05) is 11.6 Å². The van der Waals surface area contributed by atoms with Crippen molar-refractivity contribution >= 4 is 28.0 Å². The molecule has 0 unspecified atom stereocenters. The van der Waals surface area contributed by atoms with E-state index >= 15 is 0 Å². The summed E-state index contributed by atoms with van der Waals surface area (Å²) < 4.78 is 6.92. The monoisotopic (exact) mass is 324 g/mol. The predicted molar refractivity (Wildman–Crippen MR) is 78.3 cm³/mol. The molecule has 1 saturated carbocycles. The van der Waals surface area contributed by atoms with Crippen LogP contribution in [0.15, 0.2) is 28.7 Å². The molecule has 0 heterocycles. The zero-order valence-electron chi connectivity index (χ0n) is 10.6. The third-order valence-electron chi connectivity index (χ3n) is 3.24. The van der Waals surface area contributed by atoms with Crippen LogP contribution in [0.5, 0.6) is 5.75 Å². The number of carboxylic acids is 1. The SMILES string of the molecule is O=C(O)/C=C/c1cccc(Br)c1OC1CCCCC1. The van der Waals surface area contributed by atoms with Crippen molar-refractivity contribution in [1.29, 1.82) is 0 Å². The van der Waals surface area contributed by atoms with Gasteiger partial charge in [-0.05, 0) is 53.8 Å². The largest absolute Gasteiger partial charge is 0.489 e. The van der Waals surface area contributed by atoms with E-state index in [4.69, 9.17) is 9.84 Å². The molecule has 2 rings (SSSR count). The molecule has 1 fully saturated rings. The minimum absolute atomic E-state index is 0.240. The maximum Gasteiger partial charge on any atom is 0.328 e. The summed E-state index contributed by atoms with van der Waals surface area (Å²) in [6.07, 6.45) is 8.78. The number of aliphatic carboxylic acids is 1. The number of hydrogen-bond acceptors (Lipinski definition) is 2. The fourth-order valence-electron chi connectivity index (χ4n) is 2.29. The molecule has 0 saturated heterocycles. The first-order valence-corrected chi connectivity index (χ1v) is 7.32. The average molecular weight is 325 g/mol. The second-order valence-electron chi connectivity index (χ2n) is 4.71. The summed E-state index contributed by atoms with van der Waals surface area (Å²) in [6, 6.07) is 5.65. The van der Waals surface area contributed by atoms with Gasteiger partial charge in [-0.25, -0.2) is 4.79 Å². The highest BCUT2D eigenvalue weighted by Gasteiger charge is 2.17. The highest BCUT2D eigenvalue weighted by molar-refractivity contribution is 9.10. The summed E-state index contributed by atoms with van der Waals surface area (Å²) in [4.78, 5) is 10.6. The van der Waals surface area contributed by atoms with Crippen LogP contribution in [0, 0.1) is 0 Å². The van der Waals surface area contributed by atoms with E-state index < -0.39 is 5.97 Å². The number of hydrogen-bond donors (Lipinski definition) is 1. The number of para-hydroxylation sites is 1. The van der Waals surface area contributed by atoms with Gasteiger partial charge in [-0.15, -0.1) is 0 Å². The maximum absolute atomic E-state index is 10.6. The van der Waals surface area contributed by atoms with E-state index in [0.717, 1.165) is 34.7 Å². The number of halogens is 1. The van der Waals surface area contributed by atoms with Gasteiger partial charge in [0.05, 0.1) is 10.6 Å². The van der Waals surface area contributed by atoms with Crippen molar-refractivity contribution in [3.05, 3.63) is 34.3 Å². The Morgan fingerprint density at radius 3 is 2.74 bits per heavy atom. The zero-order chi connectivity index (χ0) is 13.7. The summed E-state index contributed by atoms with van der Waals surface area (Å²) in [5, 5.41) is 8.72. The van der Waals surface area contributed by atoms with Gasteiger partial charge in [-0.1, -0.05) is 18.6 Å². The van der Waals surface area contributed by atoms with E-state index in [1.807, 2.05) is 18.2 Å². The van der Waals surface area contributed by atoms with E-state index in [-0.39, 0.29) is 6.10 Å². The predicted octanol–water partition coefficient (Wildman–Crippen LogP) is 4.26. The lowest BCUT2D eigenvalue weighted by atomic mass is 9.97. The van der Waals surface area contributed by atoms with Gasteiger partial charge in [0.25, 0.3) is 0 Å². The van der Waals surface area contributed by atoms with Crippen LogP contribution in [0.3, 0.4) is 0 Å². The van der Waals surface area contributed by atoms with Crippen LogP contribution in [0.2, 0.25) is 0 Å². The number of carboxylic acid groups (broad SMARTS) is 1. The zero-order valence-corrected chi connectivity index (χ0v) is 12.2. The Hall–Kier alpha value is -1.29. The van der Waals surface area contributed by atoms with Crippen molar-refractivity contribution in [3.63, 3.8) is 0 Å². The van der Waals surface area contributed by atoms with E-state index in [2.05, 4.69) is 15.9 Å². The summed E-state index contributed by atoms with van der Waals surface area (Å²) in [5.41, 5.74) is 0.794. The molecule has 19 heavy (non-hydrogen) atoms. The van der Waals surface area contributed by atoms with Crippen LogP contribution >= 0.6 is 15.9 Å². The molecule has 0 spiro atoms. The first-order chi connectivity index (χ1) is 9.16. The number of rotatable bonds is 4. The molecule has 1 aliphatic carbocycles. The Bertz CT molecular complexity index is 476. The van der Waals surface area contributed by atoms with Gasteiger partial charge in [-0.3, -0.25) is 0 Å². The Morgan fingerprint density at radius 2 is 2.05 bits per heavy atom. The molecular formula is C15H17BrO3. The Labute approximate surface area is 121 Å². The summed E-state index contributed by atoms with van der Waals surface area (Å²) in [6.45, 7) is 0. The second-order valence-corrected chi connectivity index (χ2v) is 5.56. The van der Waals surface area contributed by atoms with Gasteiger partial charge < -0.3 is 9.84 Å². The minimum Gasteiger partial charge on any atom is -0.489 e. The van der Waals surface area contributed by atoms with Gasteiger partial charge in [0.15, 0.2) is 0 Å². The lowest BCUT2D eigenvalue weighted by Gasteiger charge is -2.24. The van der Waals surface area contributed by atoms with E-state index in [9.17, 15) is 4.79 Å². The highest BCUT2D eigenvalue weighted by atomic mass is 79.9. The van der Waals surface area contributed by atoms with Crippen LogP contribution in [0.25, 0.3) is 6.08 Å². The smallest absolute Gasteiger partial charge is 0.328 e. The molecule has 1 aromatic carbocycles. The molecular weight excluding hydrogens is 308 g/mol. The van der Waals surface area contributed by atoms with Crippen LogP contribution in [-0.4, -0.2) is 17.2 Å². The second kappa shape index (κ2) is 6.75. The number of benzene rings is 1. The van der Waals surface area contributed by atoms with Crippen molar-refractivity contribution in [2.24, 2.45) is 0 Å². The van der Waals surface area contributed by atoms with Crippen molar-refractivity contribution < 1.29 is 14.6 Å². The minimum atomic E-state index is -0.955. The lowest BCUT2D eigenvalue weighted by molar-refractivity contribution is -0.131. The van der Waals surface area contributed by atoms with E-state index in [1.165, 1.54) is 19.3 Å². The van der Waals surface area contributed by atoms with Gasteiger partial charge in [0.2, 0.25) is 0 Å². The molecule has 0 bridgehead atoms. The Balaban J connectivity index is 2.19. The first-order valence-electron chi connectivity index (χ1n) is 6.53. The number of ether oxygens (including phenoxy) is 1. The van der Waals surface area contributed by atoms with E-state index in [0.29, 0.717) is 0 Å². The molecule has 0 radical (unpaired) electrons. The van der Waals surface area contributed by atoms with Gasteiger partial charge in [0.1, 0.15) is 5.75 Å². The summed E-state index contributed by atoms with van der Waals surface area (Å²) in [7, 11) is 0. The molecule has 0 aliphatic heterocycles. The first kappa shape index (κ1) is 14.1. The van der Waals surface area contributed by atoms with Crippen LogP contribution < -0.4 is 4.74 Å². The standard InChI is InChI=1S/C15H17BrO3/c16-13-8-4-5-11(9-10-14(17)18)15(13)19-12-6-2-1-3-7-12/h4-5,8-10,12H,1-3,6-7H2,(H,17,18)/b10-9+. The molecule has 4 heteroatoms. The summed E-state index contributed by atoms with van der Waals surface area (Å²) >= 11 is 3.47. The molecule has 0 amide bonds. The topological polar surface area (TPSA) is 46.5 Å². The summed E-state index contributed by atoms with van der Waals surface area (Å²) in [5.74, 6) is -0.213. The molecule has 0 aromatic heterocycles. The quantitative estimate of drug-likeness (QED) is 0.842. The fourth-order valence-corrected chi connectivity index (χ4v) is 2.77. The molecule has 102 valence electrons. The van der Waals surface area contributed by atoms with Crippen molar-refractivity contribution in [2.45, 2.75) is 38.2 Å². The fraction of sp³-hybridized carbons (Fsp3) is 0.400. The average Bonchev–Trinajstić information content (AvgIpc) is 2.40. The van der Waals surface area contributed by atoms with Crippen LogP contribution in [0.1, 0.15) is 37.7 Å². The Morgan fingerprint density at radius 1 is 1.32 bits per heavy atom. The van der Waals surface area contributed by atoms with Gasteiger partial charge >= 0.3 is 5.97 Å². The van der Waals surface area contributed by atoms with Crippen molar-refractivity contribution in [1.82, 2.24) is 0 Å². The maximum atomic E-state index is 10.6. The third-order valence-corrected chi connectivity index (χ3v) is 3.86. The molecule has 0 atom stereocenters. The van der Waals surface area contributed by atoms with E-state index in [1.54, 1.807) is 6.08 Å². The molecule has 1 aromatic rings. The molecule has 3 nitrogen and oxygen atoms in total. The molecule has 1 N–H and O–H groups in total. The van der Waals surface area contributed by atoms with Crippen LogP contribution in [0.4, 0.5) is 0 Å². The normalized spacial score (nSPS) is 16.7. The number of carbonyl (C=O) groups is 1. The Kier molecular flexibility index (Phi) is 5.02. The van der Waals surface area contributed by atoms with Crippen LogP contribution in [-0.2, 0) is 4.79 Å². The lowest BCUT2D eigenvalue weighted by Crippen LogP contribution is -2.20. The van der Waals surface area contributed by atoms with Gasteiger partial charge in [-0.2, -0.15) is 0 Å². The highest BCUT2D eigenvalue weighted by Crippen LogP contribution is 2.33. The third kappa shape index (κ3) is 4.10. The van der Waals surface area contributed by atoms with Crippen molar-refractivity contribution in [2.75, 3.05) is 0 Å². The van der Waals surface area contributed by atoms with Crippen molar-refractivity contribution in [3.8, 4) is 5.75 Å².